The van der Waals surface area contributed by atoms with Crippen LogP contribution in [-0.2, 0) is 8.16 Å². The predicted octanol–water partition coefficient (Wildman–Crippen LogP) is 8.15. The molecule has 3 rings (SSSR count). The van der Waals surface area contributed by atoms with Gasteiger partial charge in [0.05, 0.1) is 0 Å². The van der Waals surface area contributed by atoms with Crippen LogP contribution in [0.25, 0.3) is 0 Å². The smallest absolute Gasteiger partial charge is 0.114 e. The molecule has 1 heterocycles. The molecule has 0 aliphatic carbocycles. The second kappa shape index (κ2) is 9.32. The molecule has 0 saturated carbocycles. The van der Waals surface area contributed by atoms with Gasteiger partial charge in [0.1, 0.15) is 8.16 Å². The Labute approximate surface area is 188 Å². The van der Waals surface area contributed by atoms with Crippen molar-refractivity contribution < 1.29 is 0 Å². The third-order valence-electron chi connectivity index (χ3n) is 5.58. The predicted molar refractivity (Wildman–Crippen MR) is 136 cm³/mol. The minimum Gasteiger partial charge on any atom is -0.140 e. The maximum atomic E-state index is 2.40. The topological polar surface area (TPSA) is 0 Å². The average molecular weight is 449 g/mol. The van der Waals surface area contributed by atoms with Crippen molar-refractivity contribution in [1.29, 1.82) is 0 Å². The minimum atomic E-state index is -0.0127. The Morgan fingerprint density at radius 3 is 1.36 bits per heavy atom. The number of hydrogen-bond donors (Lipinski definition) is 0. The molecule has 2 aromatic rings. The minimum absolute atomic E-state index is 0.0127. The number of benzene rings is 2. The van der Waals surface area contributed by atoms with Crippen molar-refractivity contribution in [3.8, 4) is 0 Å². The molecule has 28 heavy (non-hydrogen) atoms. The lowest BCUT2D eigenvalue weighted by Crippen LogP contribution is -2.44. The molecular weight excluding hydrogens is 417 g/mol. The van der Waals surface area contributed by atoms with Crippen LogP contribution in [0.3, 0.4) is 0 Å². The van der Waals surface area contributed by atoms with Crippen molar-refractivity contribution in [2.75, 3.05) is 24.0 Å². The molecule has 0 amide bonds. The Morgan fingerprint density at radius 2 is 1.04 bits per heavy atom. The van der Waals surface area contributed by atoms with Gasteiger partial charge in [0.15, 0.2) is 0 Å². The molecule has 0 unspecified atom stereocenters. The maximum Gasteiger partial charge on any atom is 0.114 e. The first kappa shape index (κ1) is 22.5. The fourth-order valence-corrected chi connectivity index (χ4v) is 11.5. The molecular formula is C24H32S4. The standard InChI is InChI=1S/C24H32S4/c1-17(2)19-11-7-9-13-21(19)23(25-5)24(26-6,28-16-15-27-23)22-14-10-8-12-20(22)18(3)4/h7-14,17-18H,15-16H2,1-6H3/t23-,24-/m0/s1. The number of rotatable bonds is 6. The molecule has 1 aliphatic heterocycles. The van der Waals surface area contributed by atoms with E-state index in [0.717, 1.165) is 0 Å². The van der Waals surface area contributed by atoms with Crippen molar-refractivity contribution in [3.05, 3.63) is 70.8 Å². The van der Waals surface area contributed by atoms with Gasteiger partial charge in [0.25, 0.3) is 0 Å². The molecule has 4 heteroatoms. The van der Waals surface area contributed by atoms with Crippen LogP contribution in [0.15, 0.2) is 48.5 Å². The van der Waals surface area contributed by atoms with Crippen LogP contribution in [0.5, 0.6) is 0 Å². The van der Waals surface area contributed by atoms with Crippen LogP contribution in [-0.4, -0.2) is 24.0 Å². The summed E-state index contributed by atoms with van der Waals surface area (Å²) in [6, 6.07) is 18.4. The summed E-state index contributed by atoms with van der Waals surface area (Å²) in [7, 11) is 0. The SMILES string of the molecule is CS[C@@]1(c2ccccc2C(C)C)SCCS[C@@]1(SC)c1ccccc1C(C)C. The first-order valence-corrected chi connectivity index (χ1v) is 14.4. The van der Waals surface area contributed by atoms with Crippen molar-refractivity contribution >= 4 is 47.0 Å². The molecule has 0 N–H and O–H groups in total. The van der Waals surface area contributed by atoms with E-state index in [4.69, 9.17) is 0 Å². The van der Waals surface area contributed by atoms with Gasteiger partial charge in [-0.3, -0.25) is 0 Å². The highest BCUT2D eigenvalue weighted by Gasteiger charge is 2.57. The zero-order valence-electron chi connectivity index (χ0n) is 17.8. The third kappa shape index (κ3) is 3.68. The average Bonchev–Trinajstić information content (AvgIpc) is 2.73. The van der Waals surface area contributed by atoms with Gasteiger partial charge in [-0.05, 0) is 46.6 Å². The summed E-state index contributed by atoms with van der Waals surface area (Å²) in [5, 5.41) is 0. The van der Waals surface area contributed by atoms with E-state index in [2.05, 4.69) is 112 Å². The largest absolute Gasteiger partial charge is 0.140 e. The Hall–Kier alpha value is -0.160. The molecule has 152 valence electrons. The van der Waals surface area contributed by atoms with Gasteiger partial charge in [0.2, 0.25) is 0 Å². The highest BCUT2D eigenvalue weighted by atomic mass is 32.2. The summed E-state index contributed by atoms with van der Waals surface area (Å²) >= 11 is 8.42. The Kier molecular flexibility index (Phi) is 7.50. The second-order valence-corrected chi connectivity index (χ2v) is 13.0. The van der Waals surface area contributed by atoms with Crippen LogP contribution in [0.2, 0.25) is 0 Å². The number of hydrogen-bond acceptors (Lipinski definition) is 4. The van der Waals surface area contributed by atoms with E-state index < -0.39 is 0 Å². The summed E-state index contributed by atoms with van der Waals surface area (Å²) in [5.41, 5.74) is 6.02. The molecule has 0 aromatic heterocycles. The van der Waals surface area contributed by atoms with Gasteiger partial charge in [-0.25, -0.2) is 0 Å². The summed E-state index contributed by atoms with van der Waals surface area (Å²) in [5.74, 6) is 3.44. The summed E-state index contributed by atoms with van der Waals surface area (Å²) in [6.07, 6.45) is 4.64. The Balaban J connectivity index is 2.34. The molecule has 0 radical (unpaired) electrons. The third-order valence-corrected chi connectivity index (χ3v) is 12.9. The summed E-state index contributed by atoms with van der Waals surface area (Å²) in [6.45, 7) is 9.32. The lowest BCUT2D eigenvalue weighted by atomic mass is 9.88. The first-order valence-electron chi connectivity index (χ1n) is 10.0. The first-order chi connectivity index (χ1) is 13.4. The van der Waals surface area contributed by atoms with Crippen molar-refractivity contribution in [3.63, 3.8) is 0 Å². The maximum absolute atomic E-state index is 2.40. The Morgan fingerprint density at radius 1 is 0.679 bits per heavy atom. The van der Waals surface area contributed by atoms with E-state index in [1.807, 2.05) is 23.5 Å². The second-order valence-electron chi connectivity index (χ2n) is 7.82. The van der Waals surface area contributed by atoms with Crippen LogP contribution in [0, 0.1) is 0 Å². The van der Waals surface area contributed by atoms with Gasteiger partial charge in [-0.1, -0.05) is 76.2 Å². The van der Waals surface area contributed by atoms with Crippen molar-refractivity contribution in [1.82, 2.24) is 0 Å². The summed E-state index contributed by atoms with van der Waals surface area (Å²) in [4.78, 5) is 0. The highest BCUT2D eigenvalue weighted by molar-refractivity contribution is 8.25. The van der Waals surface area contributed by atoms with Gasteiger partial charge < -0.3 is 0 Å². The monoisotopic (exact) mass is 448 g/mol. The molecule has 1 fully saturated rings. The molecule has 1 saturated heterocycles. The normalized spacial score (nSPS) is 25.4. The Bertz CT molecular complexity index is 733. The van der Waals surface area contributed by atoms with Gasteiger partial charge >= 0.3 is 0 Å². The zero-order chi connectivity index (χ0) is 20.4. The fraction of sp³-hybridized carbons (Fsp3) is 0.500. The van der Waals surface area contributed by atoms with E-state index in [9.17, 15) is 0 Å². The van der Waals surface area contributed by atoms with E-state index >= 15 is 0 Å². The van der Waals surface area contributed by atoms with Crippen molar-refractivity contribution in [2.45, 2.75) is 47.7 Å². The van der Waals surface area contributed by atoms with Gasteiger partial charge in [0, 0.05) is 11.5 Å². The van der Waals surface area contributed by atoms with Crippen LogP contribution in [0.4, 0.5) is 0 Å². The lowest BCUT2D eigenvalue weighted by molar-refractivity contribution is 0.725. The van der Waals surface area contributed by atoms with Crippen LogP contribution < -0.4 is 0 Å². The fourth-order valence-electron chi connectivity index (χ4n) is 4.28. The van der Waals surface area contributed by atoms with Crippen LogP contribution in [0.1, 0.15) is 61.8 Å². The molecule has 2 aromatic carbocycles. The molecule has 0 spiro atoms. The van der Waals surface area contributed by atoms with E-state index in [-0.39, 0.29) is 8.16 Å². The van der Waals surface area contributed by atoms with E-state index in [1.54, 1.807) is 0 Å². The molecule has 0 bridgehead atoms. The van der Waals surface area contributed by atoms with Crippen molar-refractivity contribution in [2.24, 2.45) is 0 Å². The van der Waals surface area contributed by atoms with E-state index in [0.29, 0.717) is 11.8 Å². The van der Waals surface area contributed by atoms with Gasteiger partial charge in [-0.2, -0.15) is 0 Å². The van der Waals surface area contributed by atoms with E-state index in [1.165, 1.54) is 33.8 Å². The highest BCUT2D eigenvalue weighted by Crippen LogP contribution is 2.70. The lowest BCUT2D eigenvalue weighted by Gasteiger charge is -2.53. The number of thioether (sulfide) groups is 4. The quantitative estimate of drug-likeness (QED) is 0.437. The molecule has 0 nitrogen and oxygen atoms in total. The van der Waals surface area contributed by atoms with Crippen LogP contribution >= 0.6 is 47.0 Å². The molecule has 2 atom stereocenters. The summed E-state index contributed by atoms with van der Waals surface area (Å²) < 4.78 is -0.0254. The zero-order valence-corrected chi connectivity index (χ0v) is 21.1. The molecule has 1 aliphatic rings. The van der Waals surface area contributed by atoms with Gasteiger partial charge in [-0.15, -0.1) is 47.0 Å².